The van der Waals surface area contributed by atoms with Crippen LogP contribution in [0.1, 0.15) is 18.8 Å². The molecule has 3 rings (SSSR count). The van der Waals surface area contributed by atoms with E-state index in [0.29, 0.717) is 5.02 Å². The van der Waals surface area contributed by atoms with Crippen LogP contribution < -0.4 is 10.1 Å². The standard InChI is InChI=1S/C13H15ClN4O/c1-8-12-16-17-13(18(12)6-5-15-8)10-7-9(14)3-4-11(10)19-2/h3-4,7-8,15H,5-6H2,1-2H3. The number of nitrogens with one attached hydrogen (secondary N) is 1. The van der Waals surface area contributed by atoms with E-state index in [1.165, 1.54) is 0 Å². The van der Waals surface area contributed by atoms with Crippen LogP contribution in [0, 0.1) is 0 Å². The summed E-state index contributed by atoms with van der Waals surface area (Å²) in [5, 5.41) is 12.6. The van der Waals surface area contributed by atoms with Crippen LogP contribution in [0.3, 0.4) is 0 Å². The SMILES string of the molecule is COc1ccc(Cl)cc1-c1nnc2n1CCNC2C. The first-order chi connectivity index (χ1) is 9.20. The van der Waals surface area contributed by atoms with Gasteiger partial charge in [0.05, 0.1) is 18.7 Å². The first-order valence-corrected chi connectivity index (χ1v) is 6.59. The Morgan fingerprint density at radius 1 is 1.42 bits per heavy atom. The largest absolute Gasteiger partial charge is 0.496 e. The summed E-state index contributed by atoms with van der Waals surface area (Å²) in [5.41, 5.74) is 0.878. The molecule has 100 valence electrons. The molecular formula is C13H15ClN4O. The monoisotopic (exact) mass is 278 g/mol. The Morgan fingerprint density at radius 3 is 3.05 bits per heavy atom. The maximum atomic E-state index is 6.08. The summed E-state index contributed by atoms with van der Waals surface area (Å²) in [6, 6.07) is 5.73. The summed E-state index contributed by atoms with van der Waals surface area (Å²) in [6.45, 7) is 3.83. The molecule has 1 aliphatic heterocycles. The van der Waals surface area contributed by atoms with Gasteiger partial charge in [-0.2, -0.15) is 0 Å². The van der Waals surface area contributed by atoms with E-state index in [1.54, 1.807) is 7.11 Å². The molecule has 1 aliphatic rings. The summed E-state index contributed by atoms with van der Waals surface area (Å²) in [6.07, 6.45) is 0. The van der Waals surface area contributed by atoms with Crippen molar-refractivity contribution in [2.75, 3.05) is 13.7 Å². The normalized spacial score (nSPS) is 18.2. The van der Waals surface area contributed by atoms with Gasteiger partial charge in [-0.15, -0.1) is 10.2 Å². The molecule has 0 amide bonds. The van der Waals surface area contributed by atoms with E-state index in [2.05, 4.69) is 27.0 Å². The average Bonchev–Trinajstić information content (AvgIpc) is 2.84. The number of rotatable bonds is 2. The van der Waals surface area contributed by atoms with Crippen LogP contribution >= 0.6 is 11.6 Å². The van der Waals surface area contributed by atoms with Crippen LogP contribution in [0.2, 0.25) is 5.02 Å². The predicted octanol–water partition coefficient (Wildman–Crippen LogP) is 2.27. The van der Waals surface area contributed by atoms with E-state index in [0.717, 1.165) is 36.1 Å². The Kier molecular flexibility index (Phi) is 3.16. The van der Waals surface area contributed by atoms with Crippen LogP contribution in [-0.2, 0) is 6.54 Å². The van der Waals surface area contributed by atoms with Gasteiger partial charge in [-0.25, -0.2) is 0 Å². The Morgan fingerprint density at radius 2 is 2.26 bits per heavy atom. The molecule has 5 nitrogen and oxygen atoms in total. The third-order valence-corrected chi connectivity index (χ3v) is 3.59. The maximum absolute atomic E-state index is 6.08. The first kappa shape index (κ1) is 12.4. The number of methoxy groups -OCH3 is 1. The van der Waals surface area contributed by atoms with E-state index in [1.807, 2.05) is 18.2 Å². The second kappa shape index (κ2) is 4.83. The Hall–Kier alpha value is -1.59. The predicted molar refractivity (Wildman–Crippen MR) is 73.4 cm³/mol. The molecule has 1 N–H and O–H groups in total. The number of hydrogen-bond donors (Lipinski definition) is 1. The molecule has 0 spiro atoms. The van der Waals surface area contributed by atoms with Gasteiger partial charge in [0.15, 0.2) is 5.82 Å². The molecule has 0 radical (unpaired) electrons. The number of benzene rings is 1. The third-order valence-electron chi connectivity index (χ3n) is 3.36. The Bertz CT molecular complexity index is 611. The fourth-order valence-electron chi connectivity index (χ4n) is 2.39. The Balaban J connectivity index is 2.15. The van der Waals surface area contributed by atoms with Crippen molar-refractivity contribution in [1.29, 1.82) is 0 Å². The molecule has 1 aromatic heterocycles. The van der Waals surface area contributed by atoms with Crippen molar-refractivity contribution in [1.82, 2.24) is 20.1 Å². The molecular weight excluding hydrogens is 264 g/mol. The van der Waals surface area contributed by atoms with Gasteiger partial charge in [0.1, 0.15) is 11.6 Å². The van der Waals surface area contributed by atoms with Crippen molar-refractivity contribution in [3.05, 3.63) is 29.0 Å². The number of fused-ring (bicyclic) bond motifs is 1. The highest BCUT2D eigenvalue weighted by Crippen LogP contribution is 2.33. The molecule has 0 aliphatic carbocycles. The zero-order valence-electron chi connectivity index (χ0n) is 10.9. The molecule has 0 fully saturated rings. The molecule has 1 unspecified atom stereocenters. The minimum absolute atomic E-state index is 0.208. The van der Waals surface area contributed by atoms with Gasteiger partial charge in [0.25, 0.3) is 0 Å². The van der Waals surface area contributed by atoms with Crippen molar-refractivity contribution in [3.8, 4) is 17.1 Å². The van der Waals surface area contributed by atoms with Crippen molar-refractivity contribution in [2.45, 2.75) is 19.5 Å². The van der Waals surface area contributed by atoms with Crippen molar-refractivity contribution in [2.24, 2.45) is 0 Å². The van der Waals surface area contributed by atoms with Gasteiger partial charge < -0.3 is 14.6 Å². The highest BCUT2D eigenvalue weighted by molar-refractivity contribution is 6.30. The molecule has 2 aromatic rings. The maximum Gasteiger partial charge on any atom is 0.167 e. The lowest BCUT2D eigenvalue weighted by molar-refractivity contribution is 0.414. The number of nitrogens with zero attached hydrogens (tertiary/aromatic N) is 3. The first-order valence-electron chi connectivity index (χ1n) is 6.21. The minimum atomic E-state index is 0.208. The second-order valence-corrected chi connectivity index (χ2v) is 4.99. The van der Waals surface area contributed by atoms with Crippen LogP contribution in [0.15, 0.2) is 18.2 Å². The fraction of sp³-hybridized carbons (Fsp3) is 0.385. The molecule has 6 heteroatoms. The lowest BCUT2D eigenvalue weighted by atomic mass is 10.1. The van der Waals surface area contributed by atoms with Gasteiger partial charge in [-0.1, -0.05) is 11.6 Å². The third kappa shape index (κ3) is 2.09. The molecule has 0 bridgehead atoms. The van der Waals surface area contributed by atoms with E-state index in [4.69, 9.17) is 16.3 Å². The summed E-state index contributed by atoms with van der Waals surface area (Å²) in [5.74, 6) is 2.51. The van der Waals surface area contributed by atoms with E-state index in [9.17, 15) is 0 Å². The van der Waals surface area contributed by atoms with Crippen LogP contribution in [0.5, 0.6) is 5.75 Å². The quantitative estimate of drug-likeness (QED) is 0.916. The number of ether oxygens (including phenoxy) is 1. The zero-order chi connectivity index (χ0) is 13.4. The average molecular weight is 279 g/mol. The fourth-order valence-corrected chi connectivity index (χ4v) is 2.57. The molecule has 1 aromatic carbocycles. The van der Waals surface area contributed by atoms with Crippen molar-refractivity contribution < 1.29 is 4.74 Å². The number of hydrogen-bond acceptors (Lipinski definition) is 4. The highest BCUT2D eigenvalue weighted by atomic mass is 35.5. The van der Waals surface area contributed by atoms with Crippen molar-refractivity contribution in [3.63, 3.8) is 0 Å². The second-order valence-electron chi connectivity index (χ2n) is 4.55. The zero-order valence-corrected chi connectivity index (χ0v) is 11.6. The molecule has 1 atom stereocenters. The molecule has 19 heavy (non-hydrogen) atoms. The summed E-state index contributed by atoms with van der Waals surface area (Å²) in [7, 11) is 1.64. The summed E-state index contributed by atoms with van der Waals surface area (Å²) >= 11 is 6.08. The molecule has 0 saturated carbocycles. The summed E-state index contributed by atoms with van der Waals surface area (Å²) in [4.78, 5) is 0. The minimum Gasteiger partial charge on any atom is -0.496 e. The number of aromatic nitrogens is 3. The van der Waals surface area contributed by atoms with Crippen molar-refractivity contribution >= 4 is 11.6 Å². The van der Waals surface area contributed by atoms with E-state index < -0.39 is 0 Å². The lowest BCUT2D eigenvalue weighted by Gasteiger charge is -2.22. The topological polar surface area (TPSA) is 52.0 Å². The Labute approximate surface area is 116 Å². The van der Waals surface area contributed by atoms with Gasteiger partial charge in [0.2, 0.25) is 0 Å². The van der Waals surface area contributed by atoms with Crippen LogP contribution in [-0.4, -0.2) is 28.4 Å². The number of halogens is 1. The molecule has 2 heterocycles. The van der Waals surface area contributed by atoms with Gasteiger partial charge >= 0.3 is 0 Å². The van der Waals surface area contributed by atoms with Gasteiger partial charge in [-0.05, 0) is 25.1 Å². The highest BCUT2D eigenvalue weighted by Gasteiger charge is 2.23. The van der Waals surface area contributed by atoms with Crippen LogP contribution in [0.25, 0.3) is 11.4 Å². The molecule has 0 saturated heterocycles. The van der Waals surface area contributed by atoms with E-state index in [-0.39, 0.29) is 6.04 Å². The van der Waals surface area contributed by atoms with Crippen LogP contribution in [0.4, 0.5) is 0 Å². The van der Waals surface area contributed by atoms with Gasteiger partial charge in [-0.3, -0.25) is 0 Å². The smallest absolute Gasteiger partial charge is 0.167 e. The lowest BCUT2D eigenvalue weighted by Crippen LogP contribution is -2.32. The summed E-state index contributed by atoms with van der Waals surface area (Å²) < 4.78 is 7.51. The van der Waals surface area contributed by atoms with E-state index >= 15 is 0 Å². The van der Waals surface area contributed by atoms with Gasteiger partial charge in [0, 0.05) is 18.1 Å².